The van der Waals surface area contributed by atoms with E-state index in [0.29, 0.717) is 0 Å². The fraction of sp³-hybridized carbons (Fsp3) is 0.857. The Bertz CT molecular complexity index is 421. The standard InChI is InChI=1S/C14H25N5/c1-11-16-17-14(18(11)2)10-19-8-4-5-12(9-19)13-6-3-7-15-13/h12-13,15H,3-10H2,1-2H3. The smallest absolute Gasteiger partial charge is 0.146 e. The minimum atomic E-state index is 0.754. The van der Waals surface area contributed by atoms with Crippen LogP contribution in [0.25, 0.3) is 0 Å². The highest BCUT2D eigenvalue weighted by Crippen LogP contribution is 2.25. The molecular formula is C14H25N5. The summed E-state index contributed by atoms with van der Waals surface area (Å²) in [7, 11) is 2.06. The van der Waals surface area contributed by atoms with Crippen LogP contribution in [0.15, 0.2) is 0 Å². The molecule has 2 aliphatic heterocycles. The predicted octanol–water partition coefficient (Wildman–Crippen LogP) is 1.09. The van der Waals surface area contributed by atoms with Gasteiger partial charge in [-0.2, -0.15) is 0 Å². The first kappa shape index (κ1) is 13.1. The number of hydrogen-bond donors (Lipinski definition) is 1. The summed E-state index contributed by atoms with van der Waals surface area (Å²) in [5.74, 6) is 2.92. The Morgan fingerprint density at radius 2 is 2.16 bits per heavy atom. The third kappa shape index (κ3) is 2.82. The minimum Gasteiger partial charge on any atom is -0.317 e. The number of rotatable bonds is 3. The lowest BCUT2D eigenvalue weighted by Gasteiger charge is -2.35. The van der Waals surface area contributed by atoms with Gasteiger partial charge >= 0.3 is 0 Å². The summed E-state index contributed by atoms with van der Waals surface area (Å²) >= 11 is 0. The summed E-state index contributed by atoms with van der Waals surface area (Å²) < 4.78 is 2.11. The maximum atomic E-state index is 4.29. The second kappa shape index (κ2) is 5.59. The number of aromatic nitrogens is 3. The lowest BCUT2D eigenvalue weighted by Crippen LogP contribution is -2.43. The summed E-state index contributed by atoms with van der Waals surface area (Å²) in [6.45, 7) is 6.58. The highest BCUT2D eigenvalue weighted by atomic mass is 15.3. The molecule has 2 fully saturated rings. The van der Waals surface area contributed by atoms with Gasteiger partial charge in [-0.15, -0.1) is 10.2 Å². The Kier molecular flexibility index (Phi) is 3.84. The molecule has 0 saturated carbocycles. The van der Waals surface area contributed by atoms with Crippen molar-refractivity contribution in [3.05, 3.63) is 11.6 Å². The van der Waals surface area contributed by atoms with Crippen molar-refractivity contribution >= 4 is 0 Å². The molecule has 0 spiro atoms. The molecule has 0 aromatic carbocycles. The number of nitrogens with one attached hydrogen (secondary N) is 1. The Balaban J connectivity index is 1.60. The van der Waals surface area contributed by atoms with Gasteiger partial charge in [-0.3, -0.25) is 4.90 Å². The Labute approximate surface area is 115 Å². The van der Waals surface area contributed by atoms with Gasteiger partial charge in [0.25, 0.3) is 0 Å². The van der Waals surface area contributed by atoms with Crippen molar-refractivity contribution in [1.29, 1.82) is 0 Å². The van der Waals surface area contributed by atoms with E-state index < -0.39 is 0 Å². The van der Waals surface area contributed by atoms with Crippen LogP contribution >= 0.6 is 0 Å². The zero-order valence-corrected chi connectivity index (χ0v) is 12.1. The second-order valence-corrected chi connectivity index (χ2v) is 6.06. The van der Waals surface area contributed by atoms with Crippen LogP contribution in [0.4, 0.5) is 0 Å². The van der Waals surface area contributed by atoms with Crippen molar-refractivity contribution in [1.82, 2.24) is 25.0 Å². The normalized spacial score (nSPS) is 28.9. The lowest BCUT2D eigenvalue weighted by atomic mass is 9.90. The zero-order valence-electron chi connectivity index (χ0n) is 12.1. The van der Waals surface area contributed by atoms with Gasteiger partial charge in [-0.05, 0) is 51.6 Å². The highest BCUT2D eigenvalue weighted by molar-refractivity contribution is 4.94. The van der Waals surface area contributed by atoms with Crippen molar-refractivity contribution < 1.29 is 0 Å². The third-order valence-electron chi connectivity index (χ3n) is 4.76. The van der Waals surface area contributed by atoms with E-state index in [4.69, 9.17) is 0 Å². The van der Waals surface area contributed by atoms with Crippen LogP contribution in [-0.4, -0.2) is 45.3 Å². The summed E-state index contributed by atoms with van der Waals surface area (Å²) in [6, 6.07) is 0.754. The monoisotopic (exact) mass is 263 g/mol. The van der Waals surface area contributed by atoms with E-state index in [1.54, 1.807) is 0 Å². The average molecular weight is 263 g/mol. The van der Waals surface area contributed by atoms with Gasteiger partial charge in [0.05, 0.1) is 6.54 Å². The summed E-state index contributed by atoms with van der Waals surface area (Å²) in [6.07, 6.45) is 5.41. The van der Waals surface area contributed by atoms with Crippen LogP contribution in [0.2, 0.25) is 0 Å². The van der Waals surface area contributed by atoms with E-state index in [1.807, 2.05) is 6.92 Å². The third-order valence-corrected chi connectivity index (χ3v) is 4.76. The maximum Gasteiger partial charge on any atom is 0.146 e. The first-order valence-corrected chi connectivity index (χ1v) is 7.54. The van der Waals surface area contributed by atoms with Crippen molar-refractivity contribution in [2.75, 3.05) is 19.6 Å². The fourth-order valence-corrected chi connectivity index (χ4v) is 3.47. The molecule has 1 aromatic rings. The van der Waals surface area contributed by atoms with Crippen molar-refractivity contribution in [2.45, 2.75) is 45.2 Å². The van der Waals surface area contributed by atoms with Gasteiger partial charge in [-0.25, -0.2) is 0 Å². The molecule has 19 heavy (non-hydrogen) atoms. The Hall–Kier alpha value is -0.940. The highest BCUT2D eigenvalue weighted by Gasteiger charge is 2.29. The van der Waals surface area contributed by atoms with Gasteiger partial charge in [0.2, 0.25) is 0 Å². The number of piperidine rings is 1. The molecule has 106 valence electrons. The van der Waals surface area contributed by atoms with E-state index in [9.17, 15) is 0 Å². The summed E-state index contributed by atoms with van der Waals surface area (Å²) in [5.41, 5.74) is 0. The van der Waals surface area contributed by atoms with Crippen LogP contribution in [0.5, 0.6) is 0 Å². The number of aryl methyl sites for hydroxylation is 1. The lowest BCUT2D eigenvalue weighted by molar-refractivity contribution is 0.141. The van der Waals surface area contributed by atoms with Crippen molar-refractivity contribution in [2.24, 2.45) is 13.0 Å². The van der Waals surface area contributed by atoms with E-state index in [2.05, 4.69) is 32.0 Å². The molecule has 2 unspecified atom stereocenters. The molecule has 2 atom stereocenters. The van der Waals surface area contributed by atoms with E-state index >= 15 is 0 Å². The molecule has 1 N–H and O–H groups in total. The van der Waals surface area contributed by atoms with Gasteiger partial charge in [0, 0.05) is 19.6 Å². The Morgan fingerprint density at radius 1 is 1.26 bits per heavy atom. The maximum absolute atomic E-state index is 4.29. The van der Waals surface area contributed by atoms with Crippen molar-refractivity contribution in [3.63, 3.8) is 0 Å². The minimum absolute atomic E-state index is 0.754. The molecule has 3 heterocycles. The zero-order chi connectivity index (χ0) is 13.2. The molecule has 0 bridgehead atoms. The first-order chi connectivity index (χ1) is 9.24. The molecule has 0 radical (unpaired) electrons. The van der Waals surface area contributed by atoms with Crippen LogP contribution in [0.1, 0.15) is 37.3 Å². The average Bonchev–Trinajstić information content (AvgIpc) is 3.05. The van der Waals surface area contributed by atoms with Crippen LogP contribution in [0, 0.1) is 12.8 Å². The molecular weight excluding hydrogens is 238 g/mol. The van der Waals surface area contributed by atoms with Gasteiger partial charge < -0.3 is 9.88 Å². The molecule has 2 saturated heterocycles. The fourth-order valence-electron chi connectivity index (χ4n) is 3.47. The number of likely N-dealkylation sites (tertiary alicyclic amines) is 1. The molecule has 5 nitrogen and oxygen atoms in total. The molecule has 5 heteroatoms. The number of nitrogens with zero attached hydrogens (tertiary/aromatic N) is 4. The molecule has 0 aliphatic carbocycles. The number of hydrogen-bond acceptors (Lipinski definition) is 4. The van der Waals surface area contributed by atoms with Gasteiger partial charge in [0.1, 0.15) is 11.6 Å². The van der Waals surface area contributed by atoms with Crippen molar-refractivity contribution in [3.8, 4) is 0 Å². The van der Waals surface area contributed by atoms with E-state index in [0.717, 1.165) is 30.2 Å². The topological polar surface area (TPSA) is 46.0 Å². The summed E-state index contributed by atoms with van der Waals surface area (Å²) in [4.78, 5) is 2.55. The first-order valence-electron chi connectivity index (χ1n) is 7.54. The molecule has 1 aromatic heterocycles. The second-order valence-electron chi connectivity index (χ2n) is 6.06. The Morgan fingerprint density at radius 3 is 2.84 bits per heavy atom. The molecule has 2 aliphatic rings. The van der Waals surface area contributed by atoms with Crippen LogP contribution in [-0.2, 0) is 13.6 Å². The quantitative estimate of drug-likeness (QED) is 0.886. The van der Waals surface area contributed by atoms with E-state index in [1.165, 1.54) is 45.3 Å². The van der Waals surface area contributed by atoms with Gasteiger partial charge in [0.15, 0.2) is 0 Å². The van der Waals surface area contributed by atoms with Gasteiger partial charge in [-0.1, -0.05) is 0 Å². The largest absolute Gasteiger partial charge is 0.317 e. The van der Waals surface area contributed by atoms with Crippen LogP contribution in [0.3, 0.4) is 0 Å². The van der Waals surface area contributed by atoms with E-state index in [-0.39, 0.29) is 0 Å². The molecule has 3 rings (SSSR count). The molecule has 0 amide bonds. The SMILES string of the molecule is Cc1nnc(CN2CCCC(C3CCCN3)C2)n1C. The predicted molar refractivity (Wildman–Crippen MR) is 74.8 cm³/mol. The van der Waals surface area contributed by atoms with Crippen LogP contribution < -0.4 is 5.32 Å². The summed E-state index contributed by atoms with van der Waals surface area (Å²) in [5, 5.41) is 12.1.